The maximum atomic E-state index is 12.1. The molecule has 0 aliphatic heterocycles. The maximum absolute atomic E-state index is 12.1. The van der Waals surface area contributed by atoms with Crippen molar-refractivity contribution in [3.05, 3.63) is 42.2 Å². The number of urea groups is 1. The number of ether oxygens (including phenoxy) is 1. The summed E-state index contributed by atoms with van der Waals surface area (Å²) < 4.78 is 7.03. The number of para-hydroxylation sites is 1. The van der Waals surface area contributed by atoms with Gasteiger partial charge in [-0.15, -0.1) is 5.10 Å². The van der Waals surface area contributed by atoms with Gasteiger partial charge in [0.2, 0.25) is 0 Å². The van der Waals surface area contributed by atoms with Gasteiger partial charge < -0.3 is 15.4 Å². The van der Waals surface area contributed by atoms with E-state index in [1.165, 1.54) is 0 Å². The minimum absolute atomic E-state index is 0.169. The molecule has 1 aromatic carbocycles. The minimum Gasteiger partial charge on any atom is -0.381 e. The van der Waals surface area contributed by atoms with Crippen molar-refractivity contribution < 1.29 is 9.53 Å². The van der Waals surface area contributed by atoms with E-state index in [-0.39, 0.29) is 24.2 Å². The van der Waals surface area contributed by atoms with Gasteiger partial charge in [-0.2, -0.15) is 0 Å². The van der Waals surface area contributed by atoms with Gasteiger partial charge in [-0.25, -0.2) is 9.48 Å². The number of hydrogen-bond donors (Lipinski definition) is 2. The quantitative estimate of drug-likeness (QED) is 0.881. The Hall–Kier alpha value is -2.41. The molecule has 128 valence electrons. The molecule has 7 nitrogen and oxygen atoms in total. The van der Waals surface area contributed by atoms with E-state index in [2.05, 4.69) is 20.9 Å². The third-order valence-electron chi connectivity index (χ3n) is 4.38. The fourth-order valence-corrected chi connectivity index (χ4v) is 2.96. The Labute approximate surface area is 141 Å². The van der Waals surface area contributed by atoms with E-state index in [9.17, 15) is 4.79 Å². The van der Waals surface area contributed by atoms with Gasteiger partial charge in [0.25, 0.3) is 0 Å². The first-order valence-electron chi connectivity index (χ1n) is 8.23. The van der Waals surface area contributed by atoms with Crippen LogP contribution in [0.25, 0.3) is 5.69 Å². The second kappa shape index (κ2) is 7.44. The molecule has 0 radical (unpaired) electrons. The van der Waals surface area contributed by atoms with Crippen LogP contribution in [0.1, 0.15) is 37.9 Å². The summed E-state index contributed by atoms with van der Waals surface area (Å²) in [6.45, 7) is 1.89. The third kappa shape index (κ3) is 3.91. The summed E-state index contributed by atoms with van der Waals surface area (Å²) in [6, 6.07) is 9.52. The molecule has 2 N–H and O–H groups in total. The lowest BCUT2D eigenvalue weighted by molar-refractivity contribution is 0.107. The Balaban J connectivity index is 1.54. The summed E-state index contributed by atoms with van der Waals surface area (Å²) in [5.74, 6) is 0. The highest BCUT2D eigenvalue weighted by atomic mass is 16.5. The highest BCUT2D eigenvalue weighted by molar-refractivity contribution is 5.74. The Morgan fingerprint density at radius 2 is 2.12 bits per heavy atom. The number of nitrogens with one attached hydrogen (secondary N) is 2. The van der Waals surface area contributed by atoms with Gasteiger partial charge in [0.15, 0.2) is 0 Å². The van der Waals surface area contributed by atoms with E-state index < -0.39 is 0 Å². The van der Waals surface area contributed by atoms with Crippen LogP contribution < -0.4 is 10.6 Å². The molecule has 1 heterocycles. The molecule has 24 heavy (non-hydrogen) atoms. The van der Waals surface area contributed by atoms with E-state index in [0.29, 0.717) is 0 Å². The van der Waals surface area contributed by atoms with Crippen molar-refractivity contribution in [3.8, 4) is 5.69 Å². The molecule has 1 fully saturated rings. The van der Waals surface area contributed by atoms with Gasteiger partial charge in [-0.1, -0.05) is 23.4 Å². The molecule has 3 rings (SSSR count). The van der Waals surface area contributed by atoms with Gasteiger partial charge in [0.05, 0.1) is 24.0 Å². The maximum Gasteiger partial charge on any atom is 0.315 e. The smallest absolute Gasteiger partial charge is 0.315 e. The second-order valence-electron chi connectivity index (χ2n) is 6.13. The molecule has 1 saturated carbocycles. The van der Waals surface area contributed by atoms with Gasteiger partial charge >= 0.3 is 6.03 Å². The average Bonchev–Trinajstić information content (AvgIpc) is 3.24. The second-order valence-corrected chi connectivity index (χ2v) is 6.13. The van der Waals surface area contributed by atoms with E-state index in [0.717, 1.165) is 30.6 Å². The normalized spacial score (nSPS) is 21.4. The Morgan fingerprint density at radius 3 is 2.83 bits per heavy atom. The lowest BCUT2D eigenvalue weighted by atomic mass is 10.2. The zero-order chi connectivity index (χ0) is 16.9. The van der Waals surface area contributed by atoms with Crippen molar-refractivity contribution in [2.24, 2.45) is 0 Å². The summed E-state index contributed by atoms with van der Waals surface area (Å²) in [5.41, 5.74) is 1.65. The lowest BCUT2D eigenvalue weighted by Gasteiger charge is -2.16. The Morgan fingerprint density at radius 1 is 1.33 bits per heavy atom. The molecule has 0 spiro atoms. The van der Waals surface area contributed by atoms with Crippen LogP contribution in [0.3, 0.4) is 0 Å². The SMILES string of the molecule is COC1CCC(NC(=O)NC(C)c2cn(-c3ccccc3)nn2)C1. The molecule has 1 aliphatic rings. The summed E-state index contributed by atoms with van der Waals surface area (Å²) in [7, 11) is 1.71. The largest absolute Gasteiger partial charge is 0.381 e. The lowest BCUT2D eigenvalue weighted by Crippen LogP contribution is -2.42. The number of carbonyl (C=O) groups excluding carboxylic acids is 1. The van der Waals surface area contributed by atoms with Crippen LogP contribution in [0.4, 0.5) is 4.79 Å². The predicted octanol–water partition coefficient (Wildman–Crippen LogP) is 2.20. The first-order valence-corrected chi connectivity index (χ1v) is 8.23. The number of nitrogens with zero attached hydrogens (tertiary/aromatic N) is 3. The van der Waals surface area contributed by atoms with Crippen LogP contribution in [-0.4, -0.2) is 40.3 Å². The van der Waals surface area contributed by atoms with Crippen molar-refractivity contribution in [1.82, 2.24) is 25.6 Å². The molecule has 0 saturated heterocycles. The highest BCUT2D eigenvalue weighted by Gasteiger charge is 2.26. The van der Waals surface area contributed by atoms with E-state index >= 15 is 0 Å². The van der Waals surface area contributed by atoms with Crippen LogP contribution in [0.5, 0.6) is 0 Å². The monoisotopic (exact) mass is 329 g/mol. The molecular formula is C17H23N5O2. The fraction of sp³-hybridized carbons (Fsp3) is 0.471. The van der Waals surface area contributed by atoms with Gasteiger partial charge in [0.1, 0.15) is 5.69 Å². The molecule has 1 aliphatic carbocycles. The molecule has 2 amide bonds. The van der Waals surface area contributed by atoms with Crippen LogP contribution >= 0.6 is 0 Å². The summed E-state index contributed by atoms with van der Waals surface area (Å²) in [5, 5.41) is 14.2. The average molecular weight is 329 g/mol. The van der Waals surface area contributed by atoms with Crippen molar-refractivity contribution in [3.63, 3.8) is 0 Å². The highest BCUT2D eigenvalue weighted by Crippen LogP contribution is 2.21. The van der Waals surface area contributed by atoms with E-state index in [4.69, 9.17) is 4.74 Å². The van der Waals surface area contributed by atoms with Crippen LogP contribution in [-0.2, 0) is 4.74 Å². The summed E-state index contributed by atoms with van der Waals surface area (Å²) in [4.78, 5) is 12.1. The predicted molar refractivity (Wildman–Crippen MR) is 89.9 cm³/mol. The molecule has 1 aromatic heterocycles. The standard InChI is InChI=1S/C17H23N5O2/c1-12(18-17(23)19-13-8-9-15(10-13)24-2)16-11-22(21-20-16)14-6-4-3-5-7-14/h3-7,11-13,15H,8-10H2,1-2H3,(H2,18,19,23). The molecule has 2 aromatic rings. The van der Waals surface area contributed by atoms with Gasteiger partial charge in [0, 0.05) is 13.2 Å². The van der Waals surface area contributed by atoms with Crippen molar-refractivity contribution in [2.45, 2.75) is 44.4 Å². The minimum atomic E-state index is -0.220. The van der Waals surface area contributed by atoms with Crippen LogP contribution in [0.15, 0.2) is 36.5 Å². The number of methoxy groups -OCH3 is 1. The van der Waals surface area contributed by atoms with E-state index in [1.54, 1.807) is 11.8 Å². The van der Waals surface area contributed by atoms with Gasteiger partial charge in [-0.3, -0.25) is 0 Å². The molecule has 0 bridgehead atoms. The number of amides is 2. The number of aromatic nitrogens is 3. The topological polar surface area (TPSA) is 81.1 Å². The molecule has 3 unspecified atom stereocenters. The Kier molecular flexibility index (Phi) is 5.10. The number of rotatable bonds is 5. The molecule has 3 atom stereocenters. The van der Waals surface area contributed by atoms with E-state index in [1.807, 2.05) is 43.5 Å². The van der Waals surface area contributed by atoms with Crippen molar-refractivity contribution in [1.29, 1.82) is 0 Å². The fourth-order valence-electron chi connectivity index (χ4n) is 2.96. The van der Waals surface area contributed by atoms with Crippen molar-refractivity contribution in [2.75, 3.05) is 7.11 Å². The number of carbonyl (C=O) groups is 1. The molecule has 7 heteroatoms. The van der Waals surface area contributed by atoms with Gasteiger partial charge in [-0.05, 0) is 38.3 Å². The summed E-state index contributed by atoms with van der Waals surface area (Å²) in [6.07, 6.45) is 4.88. The van der Waals surface area contributed by atoms with Crippen LogP contribution in [0.2, 0.25) is 0 Å². The zero-order valence-corrected chi connectivity index (χ0v) is 14.0. The summed E-state index contributed by atoms with van der Waals surface area (Å²) >= 11 is 0. The molecular weight excluding hydrogens is 306 g/mol. The van der Waals surface area contributed by atoms with Crippen molar-refractivity contribution >= 4 is 6.03 Å². The third-order valence-corrected chi connectivity index (χ3v) is 4.38. The first-order chi connectivity index (χ1) is 11.7. The number of benzene rings is 1. The Bertz CT molecular complexity index is 673. The van der Waals surface area contributed by atoms with Crippen LogP contribution in [0, 0.1) is 0 Å². The first kappa shape index (κ1) is 16.4. The zero-order valence-electron chi connectivity index (χ0n) is 14.0. The number of hydrogen-bond acceptors (Lipinski definition) is 4.